The molecule has 0 spiro atoms. The lowest BCUT2D eigenvalue weighted by atomic mass is 10.2. The number of nitrogens with zero attached hydrogens (tertiary/aromatic N) is 3. The van der Waals surface area contributed by atoms with Crippen molar-refractivity contribution in [3.05, 3.63) is 59.6 Å². The van der Waals surface area contributed by atoms with E-state index in [4.69, 9.17) is 0 Å². The Kier molecular flexibility index (Phi) is 5.83. The number of hydrogen-bond donors (Lipinski definition) is 0. The minimum absolute atomic E-state index is 0.136. The highest BCUT2D eigenvalue weighted by molar-refractivity contribution is 7.89. The summed E-state index contributed by atoms with van der Waals surface area (Å²) in [5.74, 6) is 0. The lowest BCUT2D eigenvalue weighted by Gasteiger charge is -2.29. The molecular formula is C20H25N3O2S2. The molecule has 2 heterocycles. The predicted octanol–water partition coefficient (Wildman–Crippen LogP) is 4.47. The SMILES string of the molecule is CC(C)N(C(C)C)S(=O)(=O)c1cn(Cc2ccccc2)nc1-c1cccs1. The van der Waals surface area contributed by atoms with Gasteiger partial charge in [0.1, 0.15) is 10.6 Å². The van der Waals surface area contributed by atoms with Gasteiger partial charge >= 0.3 is 0 Å². The molecule has 0 saturated heterocycles. The van der Waals surface area contributed by atoms with Crippen molar-refractivity contribution in [2.45, 2.75) is 51.2 Å². The van der Waals surface area contributed by atoms with Crippen molar-refractivity contribution in [1.29, 1.82) is 0 Å². The summed E-state index contributed by atoms with van der Waals surface area (Å²) in [6.07, 6.45) is 1.66. The summed E-state index contributed by atoms with van der Waals surface area (Å²) in [6.45, 7) is 8.12. The summed E-state index contributed by atoms with van der Waals surface area (Å²) in [5, 5.41) is 6.57. The fraction of sp³-hybridized carbons (Fsp3) is 0.350. The van der Waals surface area contributed by atoms with Gasteiger partial charge in [-0.2, -0.15) is 9.40 Å². The number of rotatable bonds is 7. The molecule has 0 aliphatic rings. The maximum atomic E-state index is 13.5. The van der Waals surface area contributed by atoms with Crippen LogP contribution in [0.25, 0.3) is 10.6 Å². The number of aromatic nitrogens is 2. The molecule has 0 bridgehead atoms. The van der Waals surface area contributed by atoms with E-state index in [0.717, 1.165) is 10.4 Å². The summed E-state index contributed by atoms with van der Waals surface area (Å²) in [6, 6.07) is 13.5. The molecule has 3 aromatic rings. The minimum Gasteiger partial charge on any atom is -0.266 e. The van der Waals surface area contributed by atoms with Crippen molar-refractivity contribution in [3.63, 3.8) is 0 Å². The quantitative estimate of drug-likeness (QED) is 0.585. The van der Waals surface area contributed by atoms with Gasteiger partial charge in [0.25, 0.3) is 0 Å². The van der Waals surface area contributed by atoms with Gasteiger partial charge < -0.3 is 0 Å². The number of hydrogen-bond acceptors (Lipinski definition) is 4. The highest BCUT2D eigenvalue weighted by Crippen LogP contribution is 2.33. The Morgan fingerprint density at radius 3 is 2.26 bits per heavy atom. The lowest BCUT2D eigenvalue weighted by Crippen LogP contribution is -2.42. The van der Waals surface area contributed by atoms with Gasteiger partial charge in [-0.1, -0.05) is 36.4 Å². The molecule has 3 rings (SSSR count). The molecule has 0 saturated carbocycles. The Labute approximate surface area is 165 Å². The predicted molar refractivity (Wildman–Crippen MR) is 110 cm³/mol. The van der Waals surface area contributed by atoms with Gasteiger partial charge in [-0.25, -0.2) is 8.42 Å². The van der Waals surface area contributed by atoms with Crippen molar-refractivity contribution in [2.24, 2.45) is 0 Å². The molecule has 0 aliphatic heterocycles. The molecule has 1 aromatic carbocycles. The van der Waals surface area contributed by atoms with Gasteiger partial charge in [0, 0.05) is 18.3 Å². The summed E-state index contributed by atoms with van der Waals surface area (Å²) in [7, 11) is -3.67. The standard InChI is InChI=1S/C20H25N3O2S2/c1-15(2)23(16(3)4)27(24,25)19-14-22(13-17-9-6-5-7-10-17)21-20(19)18-11-8-12-26-18/h5-12,14-16H,13H2,1-4H3. The fourth-order valence-corrected chi connectivity index (χ4v) is 6.07. The smallest absolute Gasteiger partial charge is 0.247 e. The van der Waals surface area contributed by atoms with E-state index in [2.05, 4.69) is 5.10 Å². The highest BCUT2D eigenvalue weighted by Gasteiger charge is 2.33. The van der Waals surface area contributed by atoms with Gasteiger partial charge in [0.05, 0.1) is 11.4 Å². The molecule has 0 fully saturated rings. The maximum Gasteiger partial charge on any atom is 0.247 e. The average molecular weight is 404 g/mol. The average Bonchev–Trinajstić information content (AvgIpc) is 3.24. The summed E-state index contributed by atoms with van der Waals surface area (Å²) in [5.41, 5.74) is 1.60. The third kappa shape index (κ3) is 4.15. The molecule has 0 atom stereocenters. The van der Waals surface area contributed by atoms with E-state index in [1.165, 1.54) is 11.3 Å². The van der Waals surface area contributed by atoms with E-state index in [1.807, 2.05) is 75.5 Å². The Balaban J connectivity index is 2.10. The highest BCUT2D eigenvalue weighted by atomic mass is 32.2. The lowest BCUT2D eigenvalue weighted by molar-refractivity contribution is 0.302. The fourth-order valence-electron chi connectivity index (χ4n) is 3.29. The monoisotopic (exact) mass is 403 g/mol. The van der Waals surface area contributed by atoms with Crippen molar-refractivity contribution >= 4 is 21.4 Å². The molecule has 27 heavy (non-hydrogen) atoms. The second-order valence-electron chi connectivity index (χ2n) is 7.02. The molecule has 144 valence electrons. The summed E-state index contributed by atoms with van der Waals surface area (Å²) >= 11 is 1.50. The van der Waals surface area contributed by atoms with Gasteiger partial charge in [-0.05, 0) is 44.7 Å². The second kappa shape index (κ2) is 7.96. The van der Waals surface area contributed by atoms with Crippen LogP contribution in [0.1, 0.15) is 33.3 Å². The van der Waals surface area contributed by atoms with E-state index in [-0.39, 0.29) is 17.0 Å². The molecule has 0 unspecified atom stereocenters. The minimum atomic E-state index is -3.67. The van der Waals surface area contributed by atoms with E-state index in [9.17, 15) is 8.42 Å². The third-order valence-corrected chi connectivity index (χ3v) is 7.37. The number of thiophene rings is 1. The van der Waals surface area contributed by atoms with Crippen LogP contribution < -0.4 is 0 Å². The normalized spacial score (nSPS) is 12.4. The first kappa shape index (κ1) is 19.8. The first-order valence-electron chi connectivity index (χ1n) is 8.99. The van der Waals surface area contributed by atoms with Gasteiger partial charge in [0.15, 0.2) is 0 Å². The Hall–Kier alpha value is -1.96. The topological polar surface area (TPSA) is 55.2 Å². The van der Waals surface area contributed by atoms with Crippen molar-refractivity contribution < 1.29 is 8.42 Å². The zero-order valence-corrected chi connectivity index (χ0v) is 17.7. The van der Waals surface area contributed by atoms with Crippen molar-refractivity contribution in [1.82, 2.24) is 14.1 Å². The molecule has 2 aromatic heterocycles. The Morgan fingerprint density at radius 1 is 1.04 bits per heavy atom. The van der Waals surface area contributed by atoms with Crippen LogP contribution in [0.4, 0.5) is 0 Å². The Bertz CT molecular complexity index is 968. The van der Waals surface area contributed by atoms with E-state index in [0.29, 0.717) is 12.2 Å². The molecule has 5 nitrogen and oxygen atoms in total. The van der Waals surface area contributed by atoms with Crippen molar-refractivity contribution in [2.75, 3.05) is 0 Å². The van der Waals surface area contributed by atoms with Crippen molar-refractivity contribution in [3.8, 4) is 10.6 Å². The number of sulfonamides is 1. The van der Waals surface area contributed by atoms with Crippen LogP contribution in [0, 0.1) is 0 Å². The van der Waals surface area contributed by atoms with Crippen LogP contribution in [-0.2, 0) is 16.6 Å². The van der Waals surface area contributed by atoms with Gasteiger partial charge in [0.2, 0.25) is 10.0 Å². The molecule has 0 radical (unpaired) electrons. The zero-order valence-electron chi connectivity index (χ0n) is 16.0. The first-order chi connectivity index (χ1) is 12.8. The number of benzene rings is 1. The van der Waals surface area contributed by atoms with Crippen LogP contribution in [-0.4, -0.2) is 34.6 Å². The van der Waals surface area contributed by atoms with Gasteiger partial charge in [-0.15, -0.1) is 11.3 Å². The van der Waals surface area contributed by atoms with E-state index >= 15 is 0 Å². The zero-order chi connectivity index (χ0) is 19.6. The van der Waals surface area contributed by atoms with Crippen LogP contribution in [0.3, 0.4) is 0 Å². The molecule has 0 N–H and O–H groups in total. The van der Waals surface area contributed by atoms with Crippen LogP contribution in [0.15, 0.2) is 58.9 Å². The first-order valence-corrected chi connectivity index (χ1v) is 11.3. The maximum absolute atomic E-state index is 13.5. The molecule has 0 amide bonds. The van der Waals surface area contributed by atoms with E-state index in [1.54, 1.807) is 15.2 Å². The molecule has 7 heteroatoms. The largest absolute Gasteiger partial charge is 0.266 e. The van der Waals surface area contributed by atoms with E-state index < -0.39 is 10.0 Å². The Morgan fingerprint density at radius 2 is 1.70 bits per heavy atom. The van der Waals surface area contributed by atoms with Gasteiger partial charge in [-0.3, -0.25) is 4.68 Å². The van der Waals surface area contributed by atoms with Crippen LogP contribution in [0.2, 0.25) is 0 Å². The summed E-state index contributed by atoms with van der Waals surface area (Å²) < 4.78 is 30.2. The summed E-state index contributed by atoms with van der Waals surface area (Å²) in [4.78, 5) is 1.12. The van der Waals surface area contributed by atoms with Crippen LogP contribution >= 0.6 is 11.3 Å². The second-order valence-corrected chi connectivity index (χ2v) is 9.78. The molecular weight excluding hydrogens is 378 g/mol. The molecule has 0 aliphatic carbocycles. The third-order valence-electron chi connectivity index (χ3n) is 4.24. The van der Waals surface area contributed by atoms with Crippen LogP contribution in [0.5, 0.6) is 0 Å².